The van der Waals surface area contributed by atoms with Crippen LogP contribution in [0.25, 0.3) is 88.9 Å². The highest BCUT2D eigenvalue weighted by Gasteiger charge is 2.21. The van der Waals surface area contributed by atoms with E-state index >= 15 is 0 Å². The quantitative estimate of drug-likeness (QED) is 0.181. The third-order valence-corrected chi connectivity index (χ3v) is 10.7. The van der Waals surface area contributed by atoms with Crippen molar-refractivity contribution in [1.82, 2.24) is 19.1 Å². The van der Waals surface area contributed by atoms with Gasteiger partial charge in [-0.3, -0.25) is 0 Å². The maximum absolute atomic E-state index is 5.28. The lowest BCUT2D eigenvalue weighted by atomic mass is 10.0. The fourth-order valence-electron chi connectivity index (χ4n) is 7.97. The van der Waals surface area contributed by atoms with Crippen molar-refractivity contribution in [3.63, 3.8) is 0 Å². The van der Waals surface area contributed by atoms with Gasteiger partial charge in [0.25, 0.3) is 0 Å². The van der Waals surface area contributed by atoms with Crippen LogP contribution in [0.4, 0.5) is 0 Å². The molecular weight excluding hydrogens is 645 g/mol. The molecule has 0 aliphatic carbocycles. The summed E-state index contributed by atoms with van der Waals surface area (Å²) in [5.41, 5.74) is 15.5. The molecule has 4 nitrogen and oxygen atoms in total. The van der Waals surface area contributed by atoms with Crippen LogP contribution in [0.2, 0.25) is 0 Å². The molecule has 10 aromatic rings. The second kappa shape index (κ2) is 12.2. The highest BCUT2D eigenvalue weighted by atomic mass is 15.0. The molecule has 0 atom stereocenters. The number of aromatic nitrogens is 4. The lowest BCUT2D eigenvalue weighted by Gasteiger charge is -2.17. The third-order valence-electron chi connectivity index (χ3n) is 10.7. The first-order chi connectivity index (χ1) is 26.0. The fourth-order valence-corrected chi connectivity index (χ4v) is 7.97. The minimum atomic E-state index is 0.700. The molecule has 7 aromatic carbocycles. The zero-order chi connectivity index (χ0) is 35.6. The van der Waals surface area contributed by atoms with Crippen LogP contribution in [0.1, 0.15) is 16.7 Å². The Kier molecular flexibility index (Phi) is 7.12. The number of hydrogen-bond acceptors (Lipinski definition) is 2. The van der Waals surface area contributed by atoms with Gasteiger partial charge < -0.3 is 9.13 Å². The van der Waals surface area contributed by atoms with Gasteiger partial charge >= 0.3 is 0 Å². The minimum absolute atomic E-state index is 0.700. The maximum Gasteiger partial charge on any atom is 0.162 e. The highest BCUT2D eigenvalue weighted by Crippen LogP contribution is 2.40. The average Bonchev–Trinajstić information content (AvgIpc) is 3.71. The summed E-state index contributed by atoms with van der Waals surface area (Å²) >= 11 is 0. The summed E-state index contributed by atoms with van der Waals surface area (Å²) in [6.07, 6.45) is 0. The summed E-state index contributed by atoms with van der Waals surface area (Å²) in [5, 5.41) is 4.94. The molecule has 3 aromatic heterocycles. The van der Waals surface area contributed by atoms with E-state index in [9.17, 15) is 0 Å². The molecule has 53 heavy (non-hydrogen) atoms. The smallest absolute Gasteiger partial charge is 0.162 e. The average molecular weight is 681 g/mol. The van der Waals surface area contributed by atoms with Gasteiger partial charge in [0.05, 0.1) is 39.1 Å². The zero-order valence-electron chi connectivity index (χ0n) is 29.9. The Balaban J connectivity index is 1.24. The van der Waals surface area contributed by atoms with Gasteiger partial charge in [0, 0.05) is 43.9 Å². The molecule has 0 saturated carbocycles. The van der Waals surface area contributed by atoms with Gasteiger partial charge in [-0.1, -0.05) is 109 Å². The summed E-state index contributed by atoms with van der Waals surface area (Å²) in [6, 6.07) is 58.6. The predicted molar refractivity (Wildman–Crippen MR) is 221 cm³/mol. The van der Waals surface area contributed by atoms with Crippen molar-refractivity contribution in [2.45, 2.75) is 20.8 Å². The van der Waals surface area contributed by atoms with E-state index in [4.69, 9.17) is 9.97 Å². The minimum Gasteiger partial charge on any atom is -0.309 e. The molecule has 0 N–H and O–H groups in total. The Hall–Kier alpha value is -6.78. The highest BCUT2D eigenvalue weighted by molar-refractivity contribution is 6.12. The van der Waals surface area contributed by atoms with Crippen molar-refractivity contribution in [1.29, 1.82) is 0 Å². The third kappa shape index (κ3) is 5.06. The van der Waals surface area contributed by atoms with E-state index < -0.39 is 0 Å². The molecule has 10 rings (SSSR count). The summed E-state index contributed by atoms with van der Waals surface area (Å²) in [6.45, 7) is 6.53. The topological polar surface area (TPSA) is 35.6 Å². The largest absolute Gasteiger partial charge is 0.309 e. The molecular formula is C49H36N4. The summed E-state index contributed by atoms with van der Waals surface area (Å²) in [5.74, 6) is 0.700. The molecule has 0 fully saturated rings. The molecule has 4 heteroatoms. The fraction of sp³-hybridized carbons (Fsp3) is 0.0612. The first-order valence-electron chi connectivity index (χ1n) is 18.2. The number of para-hydroxylation sites is 2. The van der Waals surface area contributed by atoms with Crippen LogP contribution in [0.5, 0.6) is 0 Å². The number of aryl methyl sites for hydroxylation is 3. The van der Waals surface area contributed by atoms with Gasteiger partial charge in [-0.15, -0.1) is 0 Å². The van der Waals surface area contributed by atoms with Crippen molar-refractivity contribution in [2.24, 2.45) is 0 Å². The van der Waals surface area contributed by atoms with E-state index in [1.165, 1.54) is 49.3 Å². The molecule has 0 unspecified atom stereocenters. The van der Waals surface area contributed by atoms with Crippen molar-refractivity contribution >= 4 is 43.6 Å². The van der Waals surface area contributed by atoms with E-state index in [1.54, 1.807) is 0 Å². The summed E-state index contributed by atoms with van der Waals surface area (Å²) in [4.78, 5) is 10.6. The molecule has 3 heterocycles. The van der Waals surface area contributed by atoms with Crippen LogP contribution in [-0.4, -0.2) is 19.1 Å². The van der Waals surface area contributed by atoms with Gasteiger partial charge in [0.2, 0.25) is 0 Å². The van der Waals surface area contributed by atoms with Crippen molar-refractivity contribution in [3.8, 4) is 45.3 Å². The van der Waals surface area contributed by atoms with Gasteiger partial charge in [0.1, 0.15) is 0 Å². The number of hydrogen-bond donors (Lipinski definition) is 0. The Morgan fingerprint density at radius 1 is 0.396 bits per heavy atom. The van der Waals surface area contributed by atoms with Gasteiger partial charge in [0.15, 0.2) is 5.82 Å². The molecule has 0 aliphatic rings. The monoisotopic (exact) mass is 680 g/mol. The van der Waals surface area contributed by atoms with Crippen LogP contribution in [0.15, 0.2) is 164 Å². The van der Waals surface area contributed by atoms with Crippen LogP contribution in [0, 0.1) is 20.8 Å². The molecule has 0 aliphatic heterocycles. The Labute approximate surface area is 308 Å². The molecule has 0 radical (unpaired) electrons. The lowest BCUT2D eigenvalue weighted by molar-refractivity contribution is 1.12. The number of rotatable bonds is 5. The summed E-state index contributed by atoms with van der Waals surface area (Å²) in [7, 11) is 0. The Morgan fingerprint density at radius 3 is 1.57 bits per heavy atom. The molecule has 0 bridgehead atoms. The molecule has 0 saturated heterocycles. The number of nitrogens with zero attached hydrogens (tertiary/aromatic N) is 4. The Morgan fingerprint density at radius 2 is 0.906 bits per heavy atom. The van der Waals surface area contributed by atoms with Crippen LogP contribution in [0.3, 0.4) is 0 Å². The second-order valence-corrected chi connectivity index (χ2v) is 14.1. The van der Waals surface area contributed by atoms with Gasteiger partial charge in [-0.2, -0.15) is 0 Å². The van der Waals surface area contributed by atoms with Gasteiger partial charge in [-0.25, -0.2) is 9.97 Å². The van der Waals surface area contributed by atoms with E-state index in [0.717, 1.165) is 50.5 Å². The maximum atomic E-state index is 5.28. The standard InChI is InChI=1S/C49H36N4/c1-31-22-24-46-39(26-31)37-18-10-12-20-44(37)52(46)36-23-25-47-40(29-36)38-19-11-13-21-45(38)53(47)48-28-33(3)32(2)27-41(48)49-50-42(34-14-6-4-7-15-34)30-43(51-49)35-16-8-5-9-17-35/h4-30H,1-3H3. The summed E-state index contributed by atoms with van der Waals surface area (Å²) < 4.78 is 4.82. The Bertz CT molecular complexity index is 2970. The molecule has 0 spiro atoms. The van der Waals surface area contributed by atoms with E-state index in [1.807, 2.05) is 12.1 Å². The van der Waals surface area contributed by atoms with E-state index in [0.29, 0.717) is 5.82 Å². The van der Waals surface area contributed by atoms with Crippen LogP contribution >= 0.6 is 0 Å². The normalized spacial score (nSPS) is 11.7. The van der Waals surface area contributed by atoms with Gasteiger partial charge in [-0.05, 0) is 92.6 Å². The van der Waals surface area contributed by atoms with Crippen molar-refractivity contribution in [3.05, 3.63) is 180 Å². The van der Waals surface area contributed by atoms with E-state index in [2.05, 4.69) is 182 Å². The van der Waals surface area contributed by atoms with Crippen LogP contribution in [-0.2, 0) is 0 Å². The van der Waals surface area contributed by atoms with Crippen LogP contribution < -0.4 is 0 Å². The van der Waals surface area contributed by atoms with Crippen molar-refractivity contribution < 1.29 is 0 Å². The molecule has 0 amide bonds. The lowest BCUT2D eigenvalue weighted by Crippen LogP contribution is -2.03. The zero-order valence-corrected chi connectivity index (χ0v) is 29.9. The first-order valence-corrected chi connectivity index (χ1v) is 18.2. The number of benzene rings is 7. The van der Waals surface area contributed by atoms with E-state index in [-0.39, 0.29) is 0 Å². The second-order valence-electron chi connectivity index (χ2n) is 14.1. The number of fused-ring (bicyclic) bond motifs is 6. The predicted octanol–water partition coefficient (Wildman–Crippen LogP) is 12.6. The van der Waals surface area contributed by atoms with Crippen molar-refractivity contribution in [2.75, 3.05) is 0 Å². The molecule has 252 valence electrons. The SMILES string of the molecule is Cc1ccc2c(c1)c1ccccc1n2-c1ccc2c(c1)c1ccccc1n2-c1cc(C)c(C)cc1-c1nc(-c2ccccc2)cc(-c2ccccc2)n1. The first kappa shape index (κ1) is 31.0.